The zero-order valence-electron chi connectivity index (χ0n) is 11.3. The summed E-state index contributed by atoms with van der Waals surface area (Å²) in [4.78, 5) is 16.1. The van der Waals surface area contributed by atoms with Crippen LogP contribution in [-0.4, -0.2) is 32.2 Å². The fourth-order valence-corrected chi connectivity index (χ4v) is 2.71. The Hall–Kier alpha value is -1.75. The van der Waals surface area contributed by atoms with E-state index in [4.69, 9.17) is 4.42 Å². The second-order valence-corrected chi connectivity index (χ2v) is 5.58. The number of nitrogens with one attached hydrogen (secondary N) is 2. The van der Waals surface area contributed by atoms with Gasteiger partial charge in [0.25, 0.3) is 0 Å². The Balaban J connectivity index is 1.81. The maximum Gasteiger partial charge on any atom is 0.417 e. The second-order valence-electron chi connectivity index (χ2n) is 5.58. The standard InChI is InChI=1S/C14H19N3O2/c1-15-8-14(5-6-14)9-17(2)10-3-4-12-11(7-10)16-13(18)19-12/h3-4,7,15H,5-6,8-9H2,1-2H3,(H,16,18). The molecule has 0 atom stereocenters. The third-order valence-electron chi connectivity index (χ3n) is 3.92. The molecule has 1 heterocycles. The van der Waals surface area contributed by atoms with Crippen molar-refractivity contribution in [3.8, 4) is 0 Å². The Labute approximate surface area is 111 Å². The second kappa shape index (κ2) is 4.42. The molecular weight excluding hydrogens is 242 g/mol. The molecule has 5 nitrogen and oxygen atoms in total. The van der Waals surface area contributed by atoms with Crippen LogP contribution >= 0.6 is 0 Å². The molecule has 0 aliphatic heterocycles. The van der Waals surface area contributed by atoms with Gasteiger partial charge in [0.2, 0.25) is 0 Å². The van der Waals surface area contributed by atoms with Crippen LogP contribution in [0.5, 0.6) is 0 Å². The van der Waals surface area contributed by atoms with Gasteiger partial charge in [-0.05, 0) is 38.1 Å². The summed E-state index contributed by atoms with van der Waals surface area (Å²) in [5.41, 5.74) is 2.89. The van der Waals surface area contributed by atoms with Crippen LogP contribution in [0, 0.1) is 5.41 Å². The molecule has 1 fully saturated rings. The van der Waals surface area contributed by atoms with Crippen molar-refractivity contribution >= 4 is 16.8 Å². The van der Waals surface area contributed by atoms with Gasteiger partial charge in [-0.15, -0.1) is 0 Å². The first-order valence-corrected chi connectivity index (χ1v) is 6.61. The number of anilines is 1. The highest BCUT2D eigenvalue weighted by Gasteiger charge is 2.42. The van der Waals surface area contributed by atoms with Crippen LogP contribution in [-0.2, 0) is 0 Å². The van der Waals surface area contributed by atoms with Crippen LogP contribution in [0.25, 0.3) is 11.1 Å². The molecule has 1 saturated carbocycles. The molecule has 0 unspecified atom stereocenters. The number of rotatable bonds is 5. The van der Waals surface area contributed by atoms with Gasteiger partial charge < -0.3 is 14.6 Å². The SMILES string of the molecule is CNCC1(CN(C)c2ccc3oc(=O)[nH]c3c2)CC1. The van der Waals surface area contributed by atoms with Crippen molar-refractivity contribution in [3.05, 3.63) is 28.7 Å². The molecule has 102 valence electrons. The lowest BCUT2D eigenvalue weighted by molar-refractivity contribution is 0.482. The predicted octanol–water partition coefficient (Wildman–Crippen LogP) is 1.56. The quantitative estimate of drug-likeness (QED) is 0.857. The fraction of sp³-hybridized carbons (Fsp3) is 0.500. The number of oxazole rings is 1. The van der Waals surface area contributed by atoms with Crippen LogP contribution in [0.1, 0.15) is 12.8 Å². The van der Waals surface area contributed by atoms with Gasteiger partial charge >= 0.3 is 5.76 Å². The Morgan fingerprint density at radius 2 is 2.26 bits per heavy atom. The zero-order chi connectivity index (χ0) is 13.5. The molecule has 0 amide bonds. The minimum Gasteiger partial charge on any atom is -0.408 e. The van der Waals surface area contributed by atoms with Gasteiger partial charge in [-0.1, -0.05) is 0 Å². The topological polar surface area (TPSA) is 61.3 Å². The molecule has 1 aromatic carbocycles. The maximum atomic E-state index is 11.1. The van der Waals surface area contributed by atoms with E-state index in [2.05, 4.69) is 22.2 Å². The predicted molar refractivity (Wildman–Crippen MR) is 75.7 cm³/mol. The molecule has 3 rings (SSSR count). The largest absolute Gasteiger partial charge is 0.417 e. The van der Waals surface area contributed by atoms with Gasteiger partial charge in [0.05, 0.1) is 5.52 Å². The van der Waals surface area contributed by atoms with E-state index in [9.17, 15) is 4.79 Å². The summed E-state index contributed by atoms with van der Waals surface area (Å²) >= 11 is 0. The molecule has 0 bridgehead atoms. The van der Waals surface area contributed by atoms with Crippen LogP contribution in [0.3, 0.4) is 0 Å². The molecule has 1 aliphatic rings. The van der Waals surface area contributed by atoms with Crippen molar-refractivity contribution in [2.24, 2.45) is 5.41 Å². The van der Waals surface area contributed by atoms with E-state index in [0.717, 1.165) is 24.3 Å². The highest BCUT2D eigenvalue weighted by atomic mass is 16.4. The third kappa shape index (κ3) is 2.38. The monoisotopic (exact) mass is 261 g/mol. The van der Waals surface area contributed by atoms with Crippen molar-refractivity contribution in [1.29, 1.82) is 0 Å². The number of hydrogen-bond acceptors (Lipinski definition) is 4. The number of hydrogen-bond donors (Lipinski definition) is 2. The lowest BCUT2D eigenvalue weighted by Gasteiger charge is -2.25. The lowest BCUT2D eigenvalue weighted by Crippen LogP contribution is -2.32. The number of fused-ring (bicyclic) bond motifs is 1. The van der Waals surface area contributed by atoms with Crippen LogP contribution < -0.4 is 16.0 Å². The number of aromatic nitrogens is 1. The number of aromatic amines is 1. The molecule has 0 saturated heterocycles. The normalized spacial score (nSPS) is 16.7. The van der Waals surface area contributed by atoms with Gasteiger partial charge in [-0.25, -0.2) is 4.79 Å². The summed E-state index contributed by atoms with van der Waals surface area (Å²) in [5.74, 6) is -0.399. The summed E-state index contributed by atoms with van der Waals surface area (Å²) in [5, 5.41) is 3.27. The summed E-state index contributed by atoms with van der Waals surface area (Å²) in [6.07, 6.45) is 2.56. The van der Waals surface area contributed by atoms with E-state index in [-0.39, 0.29) is 0 Å². The van der Waals surface area contributed by atoms with E-state index in [0.29, 0.717) is 11.0 Å². The molecule has 2 aromatic rings. The van der Waals surface area contributed by atoms with Crippen LogP contribution in [0.4, 0.5) is 5.69 Å². The Morgan fingerprint density at radius 1 is 1.47 bits per heavy atom. The van der Waals surface area contributed by atoms with Gasteiger partial charge in [0.1, 0.15) is 0 Å². The van der Waals surface area contributed by atoms with Crippen LogP contribution in [0.15, 0.2) is 27.4 Å². The fourth-order valence-electron chi connectivity index (χ4n) is 2.71. The average molecular weight is 261 g/mol. The minimum absolute atomic E-state index is 0.399. The summed E-state index contributed by atoms with van der Waals surface area (Å²) in [6.45, 7) is 2.09. The zero-order valence-corrected chi connectivity index (χ0v) is 11.3. The van der Waals surface area contributed by atoms with Crippen molar-refractivity contribution < 1.29 is 4.42 Å². The molecule has 1 aliphatic carbocycles. The van der Waals surface area contributed by atoms with Crippen molar-refractivity contribution in [2.45, 2.75) is 12.8 Å². The Bertz CT molecular complexity index is 639. The first-order valence-electron chi connectivity index (χ1n) is 6.61. The average Bonchev–Trinajstić information content (AvgIpc) is 3.01. The van der Waals surface area contributed by atoms with E-state index in [1.165, 1.54) is 12.8 Å². The van der Waals surface area contributed by atoms with E-state index < -0.39 is 5.76 Å². The van der Waals surface area contributed by atoms with Gasteiger partial charge in [0.15, 0.2) is 5.58 Å². The number of H-pyrrole nitrogens is 1. The minimum atomic E-state index is -0.399. The van der Waals surface area contributed by atoms with E-state index in [1.54, 1.807) is 0 Å². The maximum absolute atomic E-state index is 11.1. The molecule has 0 radical (unpaired) electrons. The Kier molecular flexibility index (Phi) is 2.86. The molecule has 2 N–H and O–H groups in total. The highest BCUT2D eigenvalue weighted by Crippen LogP contribution is 2.46. The molecule has 1 aromatic heterocycles. The molecule has 19 heavy (non-hydrogen) atoms. The lowest BCUT2D eigenvalue weighted by atomic mass is 10.1. The summed E-state index contributed by atoms with van der Waals surface area (Å²) in [6, 6.07) is 5.81. The highest BCUT2D eigenvalue weighted by molar-refractivity contribution is 5.77. The van der Waals surface area contributed by atoms with E-state index >= 15 is 0 Å². The molecule has 5 heteroatoms. The smallest absolute Gasteiger partial charge is 0.408 e. The number of nitrogens with zero attached hydrogens (tertiary/aromatic N) is 1. The number of benzene rings is 1. The van der Waals surface area contributed by atoms with Gasteiger partial charge in [0, 0.05) is 31.2 Å². The molecule has 0 spiro atoms. The molecular formula is C14H19N3O2. The van der Waals surface area contributed by atoms with Crippen molar-refractivity contribution in [3.63, 3.8) is 0 Å². The first kappa shape index (κ1) is 12.3. The van der Waals surface area contributed by atoms with Gasteiger partial charge in [-0.2, -0.15) is 0 Å². The summed E-state index contributed by atoms with van der Waals surface area (Å²) in [7, 11) is 4.09. The van der Waals surface area contributed by atoms with Crippen molar-refractivity contribution in [1.82, 2.24) is 10.3 Å². The van der Waals surface area contributed by atoms with Gasteiger partial charge in [-0.3, -0.25) is 4.98 Å². The third-order valence-corrected chi connectivity index (χ3v) is 3.92. The van der Waals surface area contributed by atoms with Crippen molar-refractivity contribution in [2.75, 3.05) is 32.1 Å². The Morgan fingerprint density at radius 3 is 2.95 bits per heavy atom. The summed E-state index contributed by atoms with van der Waals surface area (Å²) < 4.78 is 5.01. The van der Waals surface area contributed by atoms with E-state index in [1.807, 2.05) is 25.2 Å². The first-order chi connectivity index (χ1) is 9.12. The van der Waals surface area contributed by atoms with Crippen LogP contribution in [0.2, 0.25) is 0 Å².